The molecule has 17 heavy (non-hydrogen) atoms. The van der Waals surface area contributed by atoms with Gasteiger partial charge in [0.2, 0.25) is 0 Å². The first-order chi connectivity index (χ1) is 8.29. The molecule has 0 amide bonds. The number of amidine groups is 1. The summed E-state index contributed by atoms with van der Waals surface area (Å²) in [6, 6.07) is 9.14. The molecule has 4 N–H and O–H groups in total. The van der Waals surface area contributed by atoms with Gasteiger partial charge in [0.1, 0.15) is 5.84 Å². The quantitative estimate of drug-likeness (QED) is 0.236. The monoisotopic (exact) mass is 233 g/mol. The maximum atomic E-state index is 8.41. The molecule has 0 bridgehead atoms. The van der Waals surface area contributed by atoms with Gasteiger partial charge >= 0.3 is 0 Å². The molecule has 0 spiro atoms. The van der Waals surface area contributed by atoms with E-state index in [1.807, 2.05) is 0 Å². The molecule has 4 heteroatoms. The van der Waals surface area contributed by atoms with Crippen LogP contribution in [-0.2, 0) is 12.8 Å². The van der Waals surface area contributed by atoms with Gasteiger partial charge < -0.3 is 16.3 Å². The predicted octanol–water partition coefficient (Wildman–Crippen LogP) is 1.27. The Morgan fingerprint density at radius 3 is 2.59 bits per heavy atom. The lowest BCUT2D eigenvalue weighted by Gasteiger charge is -2.11. The summed E-state index contributed by atoms with van der Waals surface area (Å²) in [6.07, 6.45) is 3.77. The van der Waals surface area contributed by atoms with E-state index in [2.05, 4.69) is 34.7 Å². The van der Waals surface area contributed by atoms with Crippen LogP contribution in [0.15, 0.2) is 29.4 Å². The van der Waals surface area contributed by atoms with E-state index in [0.717, 1.165) is 25.8 Å². The molecule has 0 radical (unpaired) electrons. The van der Waals surface area contributed by atoms with Crippen LogP contribution in [0.4, 0.5) is 0 Å². The SMILES string of the molecule is N/C(CCCNC1Cc2ccccc2C1)=N/O. The number of rotatable bonds is 5. The average molecular weight is 233 g/mol. The standard InChI is InChI=1S/C13H19N3O/c14-13(16-17)6-3-7-15-12-8-10-4-1-2-5-11(10)9-12/h1-2,4-5,12,15,17H,3,6-9H2,(H2,14,16). The molecule has 1 aromatic rings. The molecule has 0 saturated heterocycles. The Kier molecular flexibility index (Phi) is 3.98. The van der Waals surface area contributed by atoms with Crippen LogP contribution >= 0.6 is 0 Å². The molecule has 0 unspecified atom stereocenters. The Morgan fingerprint density at radius 1 is 1.35 bits per heavy atom. The second kappa shape index (κ2) is 5.68. The van der Waals surface area contributed by atoms with Gasteiger partial charge in [0, 0.05) is 12.5 Å². The van der Waals surface area contributed by atoms with Gasteiger partial charge in [0.25, 0.3) is 0 Å². The lowest BCUT2D eigenvalue weighted by Crippen LogP contribution is -2.31. The van der Waals surface area contributed by atoms with Gasteiger partial charge in [0.15, 0.2) is 0 Å². The van der Waals surface area contributed by atoms with E-state index in [9.17, 15) is 0 Å². The normalized spacial score (nSPS) is 16.1. The zero-order valence-corrected chi connectivity index (χ0v) is 9.89. The largest absolute Gasteiger partial charge is 0.409 e. The minimum Gasteiger partial charge on any atom is -0.409 e. The fraction of sp³-hybridized carbons (Fsp3) is 0.462. The van der Waals surface area contributed by atoms with E-state index in [-0.39, 0.29) is 0 Å². The van der Waals surface area contributed by atoms with Crippen molar-refractivity contribution in [3.63, 3.8) is 0 Å². The third-order valence-electron chi connectivity index (χ3n) is 3.22. The zero-order valence-electron chi connectivity index (χ0n) is 9.89. The van der Waals surface area contributed by atoms with E-state index < -0.39 is 0 Å². The van der Waals surface area contributed by atoms with E-state index in [0.29, 0.717) is 18.3 Å². The Morgan fingerprint density at radius 2 is 2.00 bits per heavy atom. The number of benzene rings is 1. The molecule has 1 aliphatic carbocycles. The molecule has 0 heterocycles. The number of nitrogens with two attached hydrogens (primary N) is 1. The third kappa shape index (κ3) is 3.20. The lowest BCUT2D eigenvalue weighted by molar-refractivity contribution is 0.316. The van der Waals surface area contributed by atoms with Gasteiger partial charge in [-0.05, 0) is 36.9 Å². The van der Waals surface area contributed by atoms with Crippen LogP contribution in [0.25, 0.3) is 0 Å². The number of nitrogens with one attached hydrogen (secondary N) is 1. The first-order valence-electron chi connectivity index (χ1n) is 6.06. The Hall–Kier alpha value is -1.55. The highest BCUT2D eigenvalue weighted by molar-refractivity contribution is 5.79. The number of hydrogen-bond donors (Lipinski definition) is 3. The second-order valence-electron chi connectivity index (χ2n) is 4.52. The Balaban J connectivity index is 1.70. The van der Waals surface area contributed by atoms with E-state index >= 15 is 0 Å². The summed E-state index contributed by atoms with van der Waals surface area (Å²) in [6.45, 7) is 0.912. The van der Waals surface area contributed by atoms with Crippen molar-refractivity contribution in [2.45, 2.75) is 31.7 Å². The van der Waals surface area contributed by atoms with E-state index in [1.165, 1.54) is 11.1 Å². The number of hydrogen-bond acceptors (Lipinski definition) is 3. The molecule has 2 rings (SSSR count). The zero-order chi connectivity index (χ0) is 12.1. The summed E-state index contributed by atoms with van der Waals surface area (Å²) in [5.74, 6) is 0.307. The summed E-state index contributed by atoms with van der Waals surface area (Å²) in [5, 5.41) is 14.9. The van der Waals surface area contributed by atoms with Crippen LogP contribution in [0.1, 0.15) is 24.0 Å². The van der Waals surface area contributed by atoms with E-state index in [4.69, 9.17) is 10.9 Å². The lowest BCUT2D eigenvalue weighted by atomic mass is 10.1. The first kappa shape index (κ1) is 11.9. The van der Waals surface area contributed by atoms with Crippen molar-refractivity contribution in [1.82, 2.24) is 5.32 Å². The smallest absolute Gasteiger partial charge is 0.139 e. The van der Waals surface area contributed by atoms with Crippen LogP contribution in [0.3, 0.4) is 0 Å². The highest BCUT2D eigenvalue weighted by Crippen LogP contribution is 2.21. The van der Waals surface area contributed by atoms with Crippen molar-refractivity contribution in [2.24, 2.45) is 10.9 Å². The molecule has 0 atom stereocenters. The second-order valence-corrected chi connectivity index (χ2v) is 4.52. The third-order valence-corrected chi connectivity index (χ3v) is 3.22. The fourth-order valence-corrected chi connectivity index (χ4v) is 2.33. The highest BCUT2D eigenvalue weighted by Gasteiger charge is 2.19. The summed E-state index contributed by atoms with van der Waals surface area (Å²) in [5.41, 5.74) is 8.33. The van der Waals surface area contributed by atoms with Gasteiger partial charge in [-0.1, -0.05) is 29.4 Å². The molecule has 4 nitrogen and oxygen atoms in total. The molecule has 0 aromatic heterocycles. The molecule has 0 aliphatic heterocycles. The maximum absolute atomic E-state index is 8.41. The van der Waals surface area contributed by atoms with Crippen molar-refractivity contribution in [1.29, 1.82) is 0 Å². The fourth-order valence-electron chi connectivity index (χ4n) is 2.33. The molecule has 1 aromatic carbocycles. The van der Waals surface area contributed by atoms with Crippen molar-refractivity contribution >= 4 is 5.84 Å². The molecule has 0 fully saturated rings. The number of oxime groups is 1. The van der Waals surface area contributed by atoms with Crippen LogP contribution in [0.5, 0.6) is 0 Å². The van der Waals surface area contributed by atoms with Crippen LogP contribution in [0.2, 0.25) is 0 Å². The van der Waals surface area contributed by atoms with Gasteiger partial charge in [-0.3, -0.25) is 0 Å². The molecular weight excluding hydrogens is 214 g/mol. The minimum absolute atomic E-state index is 0.307. The topological polar surface area (TPSA) is 70.6 Å². The van der Waals surface area contributed by atoms with Crippen molar-refractivity contribution in [3.05, 3.63) is 35.4 Å². The molecule has 0 saturated carbocycles. The summed E-state index contributed by atoms with van der Waals surface area (Å²) in [7, 11) is 0. The van der Waals surface area contributed by atoms with Gasteiger partial charge in [0.05, 0.1) is 0 Å². The summed E-state index contributed by atoms with van der Waals surface area (Å²) in [4.78, 5) is 0. The highest BCUT2D eigenvalue weighted by atomic mass is 16.4. The average Bonchev–Trinajstić information content (AvgIpc) is 2.76. The number of nitrogens with zero attached hydrogens (tertiary/aromatic N) is 1. The van der Waals surface area contributed by atoms with Gasteiger partial charge in [-0.2, -0.15) is 0 Å². The van der Waals surface area contributed by atoms with Gasteiger partial charge in [-0.15, -0.1) is 0 Å². The van der Waals surface area contributed by atoms with Crippen LogP contribution in [-0.4, -0.2) is 23.6 Å². The predicted molar refractivity (Wildman–Crippen MR) is 68.3 cm³/mol. The Labute approximate surface area is 102 Å². The van der Waals surface area contributed by atoms with Crippen LogP contribution in [0, 0.1) is 0 Å². The van der Waals surface area contributed by atoms with E-state index in [1.54, 1.807) is 0 Å². The Bertz CT molecular complexity index is 378. The minimum atomic E-state index is 0.307. The summed E-state index contributed by atoms with van der Waals surface area (Å²) >= 11 is 0. The van der Waals surface area contributed by atoms with Gasteiger partial charge in [-0.25, -0.2) is 0 Å². The number of fused-ring (bicyclic) bond motifs is 1. The maximum Gasteiger partial charge on any atom is 0.139 e. The summed E-state index contributed by atoms with van der Waals surface area (Å²) < 4.78 is 0. The molecular formula is C13H19N3O. The molecule has 1 aliphatic rings. The van der Waals surface area contributed by atoms with Crippen molar-refractivity contribution in [2.75, 3.05) is 6.54 Å². The molecule has 92 valence electrons. The van der Waals surface area contributed by atoms with Crippen molar-refractivity contribution in [3.8, 4) is 0 Å². The first-order valence-corrected chi connectivity index (χ1v) is 6.06. The van der Waals surface area contributed by atoms with Crippen LogP contribution < -0.4 is 11.1 Å². The van der Waals surface area contributed by atoms with Crippen molar-refractivity contribution < 1.29 is 5.21 Å².